The molecule has 0 saturated carbocycles. The van der Waals surface area contributed by atoms with Crippen molar-refractivity contribution in [2.24, 2.45) is 15.7 Å². The first kappa shape index (κ1) is 17.9. The topological polar surface area (TPSA) is 77.7 Å². The molecule has 1 aromatic carbocycles. The predicted octanol–water partition coefficient (Wildman–Crippen LogP) is 2.47. The Bertz CT molecular complexity index is 650. The molecule has 1 aliphatic rings. The van der Waals surface area contributed by atoms with Crippen LogP contribution in [0.15, 0.2) is 40.6 Å². The van der Waals surface area contributed by atoms with Gasteiger partial charge in [0.05, 0.1) is 5.71 Å². The van der Waals surface area contributed by atoms with Crippen LogP contribution >= 0.6 is 0 Å². The van der Waals surface area contributed by atoms with Gasteiger partial charge in [-0.05, 0) is 12.5 Å². The lowest BCUT2D eigenvalue weighted by Gasteiger charge is -2.28. The van der Waals surface area contributed by atoms with E-state index in [0.717, 1.165) is 10.6 Å². The minimum absolute atomic E-state index is 0.191. The zero-order valence-electron chi connectivity index (χ0n) is 14.7. The Morgan fingerprint density at radius 1 is 1.38 bits per heavy atom. The quantitative estimate of drug-likeness (QED) is 0.522. The highest BCUT2D eigenvalue weighted by Gasteiger charge is 2.44. The number of amidine groups is 1. The summed E-state index contributed by atoms with van der Waals surface area (Å²) in [5.41, 5.74) is 1.18. The third-order valence-electron chi connectivity index (χ3n) is 3.68. The molecule has 7 nitrogen and oxygen atoms in total. The Morgan fingerprint density at radius 3 is 2.58 bits per heavy atom. The first-order valence-corrected chi connectivity index (χ1v) is 7.77. The lowest BCUT2D eigenvalue weighted by molar-refractivity contribution is -0.139. The van der Waals surface area contributed by atoms with Crippen LogP contribution in [0.5, 0.6) is 0 Å². The van der Waals surface area contributed by atoms with Crippen molar-refractivity contribution in [2.75, 3.05) is 7.05 Å². The Morgan fingerprint density at radius 2 is 2.00 bits per heavy atom. The van der Waals surface area contributed by atoms with Crippen LogP contribution in [0.25, 0.3) is 0 Å². The summed E-state index contributed by atoms with van der Waals surface area (Å²) in [5.74, 6) is -0.114. The molecule has 1 aliphatic heterocycles. The molecule has 0 bridgehead atoms. The molecule has 1 N–H and O–H groups in total. The second-order valence-electron chi connectivity index (χ2n) is 6.74. The van der Waals surface area contributed by atoms with Gasteiger partial charge in [-0.3, -0.25) is 10.0 Å². The molecule has 0 saturated heterocycles. The highest BCUT2D eigenvalue weighted by Crippen LogP contribution is 2.26. The minimum atomic E-state index is -0.890. The fraction of sp³-hybridized carbons (Fsp3) is 0.471. The van der Waals surface area contributed by atoms with Crippen LogP contribution in [0.4, 0.5) is 0 Å². The van der Waals surface area contributed by atoms with Gasteiger partial charge in [0.25, 0.3) is 5.91 Å². The number of hydrazone groups is 1. The highest BCUT2D eigenvalue weighted by molar-refractivity contribution is 6.15. The van der Waals surface area contributed by atoms with Gasteiger partial charge in [0.2, 0.25) is 0 Å². The van der Waals surface area contributed by atoms with Gasteiger partial charge in [-0.2, -0.15) is 5.10 Å². The van der Waals surface area contributed by atoms with Crippen molar-refractivity contribution in [3.63, 3.8) is 0 Å². The van der Waals surface area contributed by atoms with E-state index in [1.807, 2.05) is 51.1 Å². The van der Waals surface area contributed by atoms with E-state index in [2.05, 4.69) is 10.3 Å². The molecule has 0 spiro atoms. The standard InChI is InChI=1S/C17H24N4O3/c1-12(19-24-11-13-9-7-6-8-10-13)21(23)14-15(17(2,3)4)18-20(5)16(14)22/h6-10,14,23H,11H2,1-5H3. The molecule has 24 heavy (non-hydrogen) atoms. The van der Waals surface area contributed by atoms with E-state index >= 15 is 0 Å². The van der Waals surface area contributed by atoms with Crippen LogP contribution in [0, 0.1) is 5.41 Å². The number of hydrogen-bond acceptors (Lipinski definition) is 5. The van der Waals surface area contributed by atoms with Crippen LogP contribution in [-0.2, 0) is 16.2 Å². The van der Waals surface area contributed by atoms with Crippen molar-refractivity contribution in [2.45, 2.75) is 40.3 Å². The number of oxime groups is 1. The summed E-state index contributed by atoms with van der Waals surface area (Å²) < 4.78 is 0. The molecule has 2 rings (SSSR count). The zero-order chi connectivity index (χ0) is 17.9. The van der Waals surface area contributed by atoms with Gasteiger partial charge in [0.15, 0.2) is 11.9 Å². The summed E-state index contributed by atoms with van der Waals surface area (Å²) in [6.07, 6.45) is 0. The SMILES string of the molecule is CC(=NOCc1ccccc1)N(O)C1C(=O)N(C)N=C1C(C)(C)C. The van der Waals surface area contributed by atoms with Crippen molar-refractivity contribution in [1.82, 2.24) is 10.1 Å². The summed E-state index contributed by atoms with van der Waals surface area (Å²) in [7, 11) is 1.57. The predicted molar refractivity (Wildman–Crippen MR) is 91.4 cm³/mol. The van der Waals surface area contributed by atoms with Crippen molar-refractivity contribution in [1.29, 1.82) is 0 Å². The Labute approximate surface area is 142 Å². The van der Waals surface area contributed by atoms with Crippen molar-refractivity contribution < 1.29 is 14.8 Å². The molecule has 7 heteroatoms. The van der Waals surface area contributed by atoms with Gasteiger partial charge in [-0.25, -0.2) is 10.1 Å². The Hall–Kier alpha value is -2.41. The fourth-order valence-corrected chi connectivity index (χ4v) is 2.34. The number of benzene rings is 1. The largest absolute Gasteiger partial charge is 0.389 e. The van der Waals surface area contributed by atoms with Gasteiger partial charge in [-0.15, -0.1) is 0 Å². The Balaban J connectivity index is 2.08. The van der Waals surface area contributed by atoms with E-state index in [1.165, 1.54) is 5.01 Å². The molecule has 1 heterocycles. The smallest absolute Gasteiger partial charge is 0.273 e. The number of carbonyl (C=O) groups excluding carboxylic acids is 1. The summed E-state index contributed by atoms with van der Waals surface area (Å²) >= 11 is 0. The molecular formula is C17H24N4O3. The third kappa shape index (κ3) is 3.91. The monoisotopic (exact) mass is 332 g/mol. The van der Waals surface area contributed by atoms with Crippen molar-refractivity contribution >= 4 is 17.5 Å². The van der Waals surface area contributed by atoms with Gasteiger partial charge in [-0.1, -0.05) is 56.3 Å². The van der Waals surface area contributed by atoms with Crippen LogP contribution in [0.1, 0.15) is 33.3 Å². The molecule has 0 aromatic heterocycles. The van der Waals surface area contributed by atoms with E-state index in [9.17, 15) is 10.0 Å². The summed E-state index contributed by atoms with van der Waals surface area (Å²) in [4.78, 5) is 17.6. The van der Waals surface area contributed by atoms with E-state index in [0.29, 0.717) is 5.71 Å². The minimum Gasteiger partial charge on any atom is -0.389 e. The van der Waals surface area contributed by atoms with Gasteiger partial charge >= 0.3 is 0 Å². The van der Waals surface area contributed by atoms with E-state index < -0.39 is 6.04 Å². The first-order chi connectivity index (χ1) is 11.2. The van der Waals surface area contributed by atoms with Crippen LogP contribution in [0.2, 0.25) is 0 Å². The summed E-state index contributed by atoms with van der Waals surface area (Å²) in [5, 5.41) is 20.7. The van der Waals surface area contributed by atoms with Crippen LogP contribution in [0.3, 0.4) is 0 Å². The van der Waals surface area contributed by atoms with E-state index in [4.69, 9.17) is 4.84 Å². The molecule has 0 radical (unpaired) electrons. The number of amides is 1. The molecule has 1 aromatic rings. The molecular weight excluding hydrogens is 308 g/mol. The number of rotatable bonds is 4. The summed E-state index contributed by atoms with van der Waals surface area (Å²) in [6, 6.07) is 8.68. The first-order valence-electron chi connectivity index (χ1n) is 7.77. The number of hydrogen-bond donors (Lipinski definition) is 1. The third-order valence-corrected chi connectivity index (χ3v) is 3.68. The molecule has 1 atom stereocenters. The van der Waals surface area contributed by atoms with Gasteiger partial charge in [0, 0.05) is 12.5 Å². The van der Waals surface area contributed by atoms with Crippen molar-refractivity contribution in [3.05, 3.63) is 35.9 Å². The maximum atomic E-state index is 12.3. The maximum absolute atomic E-state index is 12.3. The zero-order valence-corrected chi connectivity index (χ0v) is 14.7. The normalized spacial score (nSPS) is 18.7. The summed E-state index contributed by atoms with van der Waals surface area (Å²) in [6.45, 7) is 7.69. The number of nitrogens with zero attached hydrogens (tertiary/aromatic N) is 4. The molecule has 1 amide bonds. The van der Waals surface area contributed by atoms with Crippen molar-refractivity contribution in [3.8, 4) is 0 Å². The van der Waals surface area contributed by atoms with E-state index in [1.54, 1.807) is 14.0 Å². The molecule has 1 unspecified atom stereocenters. The second-order valence-corrected chi connectivity index (χ2v) is 6.74. The fourth-order valence-electron chi connectivity index (χ4n) is 2.34. The molecule has 0 fully saturated rings. The van der Waals surface area contributed by atoms with E-state index in [-0.39, 0.29) is 23.8 Å². The molecule has 130 valence electrons. The lowest BCUT2D eigenvalue weighted by atomic mass is 9.85. The van der Waals surface area contributed by atoms with Crippen LogP contribution < -0.4 is 0 Å². The highest BCUT2D eigenvalue weighted by atomic mass is 16.6. The second kappa shape index (κ2) is 7.00. The lowest BCUT2D eigenvalue weighted by Crippen LogP contribution is -2.49. The number of carbonyl (C=O) groups is 1. The average molecular weight is 332 g/mol. The van der Waals surface area contributed by atoms with Crippen LogP contribution in [-0.4, -0.2) is 45.8 Å². The average Bonchev–Trinajstić information content (AvgIpc) is 2.83. The van der Waals surface area contributed by atoms with Gasteiger partial charge < -0.3 is 4.84 Å². The maximum Gasteiger partial charge on any atom is 0.273 e. The van der Waals surface area contributed by atoms with Gasteiger partial charge in [0.1, 0.15) is 6.61 Å². The molecule has 0 aliphatic carbocycles. The Kier molecular flexibility index (Phi) is 5.23. The number of likely N-dealkylation sites (N-methyl/N-ethyl adjacent to an activating group) is 1. The number of hydroxylamine groups is 2.